The van der Waals surface area contributed by atoms with Gasteiger partial charge in [0, 0.05) is 0 Å². The summed E-state index contributed by atoms with van der Waals surface area (Å²) in [5.74, 6) is -4.22. The second-order valence-corrected chi connectivity index (χ2v) is 2.51. The molecule has 0 saturated heterocycles. The van der Waals surface area contributed by atoms with Crippen LogP contribution in [0.1, 0.15) is 0 Å². The van der Waals surface area contributed by atoms with Gasteiger partial charge in [0.2, 0.25) is 0 Å². The molecule has 0 amide bonds. The Morgan fingerprint density at radius 2 is 0.944 bits per heavy atom. The first-order valence-electron chi connectivity index (χ1n) is 3.43. The molecule has 0 radical (unpaired) electrons. The van der Waals surface area contributed by atoms with E-state index in [2.05, 4.69) is 0 Å². The molecule has 0 spiro atoms. The topological polar surface area (TPSA) is 224 Å². The molecule has 18 heavy (non-hydrogen) atoms. The van der Waals surface area contributed by atoms with E-state index < -0.39 is 36.4 Å². The molecule has 98 valence electrons. The van der Waals surface area contributed by atoms with Crippen molar-refractivity contribution in [3.63, 3.8) is 0 Å². The fraction of sp³-hybridized carbons (Fsp3) is 0.667. The van der Waals surface area contributed by atoms with Gasteiger partial charge in [-0.15, -0.1) is 0 Å². The minimum absolute atomic E-state index is 0. The third-order valence-electron chi connectivity index (χ3n) is 1.48. The van der Waals surface area contributed by atoms with Gasteiger partial charge in [-0.05, 0) is 0 Å². The molecule has 8 N–H and O–H groups in total. The summed E-state index contributed by atoms with van der Waals surface area (Å²) in [7, 11) is 0. The fourth-order valence-corrected chi connectivity index (χ4v) is 0.652. The normalized spacial score (nSPS) is 15.1. The third kappa shape index (κ3) is 10.2. The number of aliphatic hydroxyl groups excluding tert-OH is 4. The molecule has 0 fully saturated rings. The number of rotatable bonds is 5. The smallest absolute Gasteiger partial charge is 0.547 e. The maximum Gasteiger partial charge on any atom is 1.00 e. The van der Waals surface area contributed by atoms with Crippen LogP contribution in [0.15, 0.2) is 0 Å². The summed E-state index contributed by atoms with van der Waals surface area (Å²) in [5, 5.41) is 54.7. The second kappa shape index (κ2) is 14.7. The van der Waals surface area contributed by atoms with E-state index in [-0.39, 0.29) is 91.9 Å². The summed E-state index contributed by atoms with van der Waals surface area (Å²) >= 11 is 0. The van der Waals surface area contributed by atoms with Crippen molar-refractivity contribution in [1.82, 2.24) is 0 Å². The van der Waals surface area contributed by atoms with Crippen molar-refractivity contribution in [2.45, 2.75) is 24.4 Å². The maximum atomic E-state index is 9.96. The predicted molar refractivity (Wildman–Crippen MR) is 41.3 cm³/mol. The van der Waals surface area contributed by atoms with Crippen LogP contribution >= 0.6 is 0 Å². The Balaban J connectivity index is -0.000000141. The van der Waals surface area contributed by atoms with Gasteiger partial charge >= 0.3 is 80.9 Å². The van der Waals surface area contributed by atoms with Gasteiger partial charge in [-0.1, -0.05) is 0 Å². The number of carbonyl (C=O) groups is 2. The van der Waals surface area contributed by atoms with Crippen LogP contribution in [0.4, 0.5) is 0 Å². The molecule has 10 nitrogen and oxygen atoms in total. The molecule has 0 bridgehead atoms. The van der Waals surface area contributed by atoms with Gasteiger partial charge in [0.1, 0.15) is 24.4 Å². The van der Waals surface area contributed by atoms with Crippen LogP contribution in [0.3, 0.4) is 0 Å². The summed E-state index contributed by atoms with van der Waals surface area (Å²) in [6.07, 6.45) is -9.76. The zero-order chi connectivity index (χ0) is 11.5. The molecule has 0 aromatic heterocycles. The SMILES string of the molecule is O.O.O=C([O-])[C@@H](O)[C@@H](O)[C@H](O)[C@@H](O)C(=O)[O-].[K+].[Na+]. The monoisotopic (exact) mass is 306 g/mol. The number of carboxylic acid groups (broad SMARTS) is 2. The van der Waals surface area contributed by atoms with Crippen LogP contribution in [0.5, 0.6) is 0 Å². The Kier molecular flexibility index (Phi) is 25.9. The van der Waals surface area contributed by atoms with Crippen molar-refractivity contribution >= 4 is 11.9 Å². The Morgan fingerprint density at radius 1 is 0.778 bits per heavy atom. The fourth-order valence-electron chi connectivity index (χ4n) is 0.652. The van der Waals surface area contributed by atoms with Crippen LogP contribution in [0, 0.1) is 0 Å². The number of hydrogen-bond donors (Lipinski definition) is 4. The average Bonchev–Trinajstić information content (AvgIpc) is 2.12. The summed E-state index contributed by atoms with van der Waals surface area (Å²) in [6.45, 7) is 0. The standard InChI is InChI=1S/C6H10O8.K.Na.2H2O/c7-1(3(9)5(11)12)2(8)4(10)6(13)14;;;;/h1-4,7-10H,(H,11,12)(H,13,14);;;2*1H2/q;2*+1;;/p-2/t1-,2-,3-,4+;;;;/m0..../s1. The number of aliphatic carboxylic acids is 2. The molecule has 12 heteroatoms. The molecular weight excluding hydrogens is 294 g/mol. The first kappa shape index (κ1) is 31.6. The van der Waals surface area contributed by atoms with Gasteiger partial charge in [-0.25, -0.2) is 0 Å². The van der Waals surface area contributed by atoms with Crippen LogP contribution in [-0.2, 0) is 9.59 Å². The van der Waals surface area contributed by atoms with Gasteiger partial charge in [0.05, 0.1) is 11.9 Å². The molecule has 0 aliphatic heterocycles. The van der Waals surface area contributed by atoms with E-state index in [9.17, 15) is 19.8 Å². The summed E-state index contributed by atoms with van der Waals surface area (Å²) in [4.78, 5) is 19.9. The van der Waals surface area contributed by atoms with Crippen molar-refractivity contribution < 1.29 is 132 Å². The van der Waals surface area contributed by atoms with Crippen molar-refractivity contribution in [3.8, 4) is 0 Å². The van der Waals surface area contributed by atoms with Crippen LogP contribution < -0.4 is 91.2 Å². The maximum absolute atomic E-state index is 9.96. The van der Waals surface area contributed by atoms with E-state index >= 15 is 0 Å². The molecule has 0 aromatic carbocycles. The van der Waals surface area contributed by atoms with E-state index in [1.54, 1.807) is 0 Å². The van der Waals surface area contributed by atoms with E-state index in [4.69, 9.17) is 20.4 Å². The number of hydrogen-bond acceptors (Lipinski definition) is 8. The van der Waals surface area contributed by atoms with Gasteiger partial charge in [0.25, 0.3) is 0 Å². The first-order valence-corrected chi connectivity index (χ1v) is 3.43. The predicted octanol–water partition coefficient (Wildman–Crippen LogP) is -13.7. The molecule has 0 aromatic rings. The Hall–Kier alpha value is 1.34. The van der Waals surface area contributed by atoms with Crippen molar-refractivity contribution in [1.29, 1.82) is 0 Å². The molecule has 0 saturated carbocycles. The zero-order valence-corrected chi connectivity index (χ0v) is 14.9. The molecule has 0 aliphatic carbocycles. The quantitative estimate of drug-likeness (QED) is 0.355. The number of carboxylic acids is 2. The van der Waals surface area contributed by atoms with Crippen molar-refractivity contribution in [2.75, 3.05) is 0 Å². The largest absolute Gasteiger partial charge is 1.00 e. The molecule has 4 atom stereocenters. The Labute approximate surface area is 166 Å². The first-order chi connectivity index (χ1) is 6.29. The number of carbonyl (C=O) groups excluding carboxylic acids is 2. The second-order valence-electron chi connectivity index (χ2n) is 2.51. The third-order valence-corrected chi connectivity index (χ3v) is 1.48. The molecule has 0 heterocycles. The van der Waals surface area contributed by atoms with E-state index in [0.29, 0.717) is 0 Å². The molecule has 0 aliphatic rings. The van der Waals surface area contributed by atoms with Gasteiger partial charge < -0.3 is 51.2 Å². The van der Waals surface area contributed by atoms with Gasteiger partial charge in [-0.2, -0.15) is 0 Å². The zero-order valence-electron chi connectivity index (χ0n) is 9.73. The molecule has 0 unspecified atom stereocenters. The summed E-state index contributed by atoms with van der Waals surface area (Å²) < 4.78 is 0. The van der Waals surface area contributed by atoms with Gasteiger partial charge in [0.15, 0.2) is 0 Å². The van der Waals surface area contributed by atoms with Crippen molar-refractivity contribution in [2.24, 2.45) is 0 Å². The van der Waals surface area contributed by atoms with Gasteiger partial charge in [-0.3, -0.25) is 0 Å². The summed E-state index contributed by atoms with van der Waals surface area (Å²) in [6, 6.07) is 0. The Morgan fingerprint density at radius 3 is 1.06 bits per heavy atom. The van der Waals surface area contributed by atoms with Crippen molar-refractivity contribution in [3.05, 3.63) is 0 Å². The molecular formula is C6H12KNaO10. The van der Waals surface area contributed by atoms with Crippen LogP contribution in [0.25, 0.3) is 0 Å². The minimum Gasteiger partial charge on any atom is -0.547 e. The molecule has 0 rings (SSSR count). The van der Waals surface area contributed by atoms with E-state index in [1.165, 1.54) is 0 Å². The Bertz CT molecular complexity index is 214. The minimum atomic E-state index is -2.50. The van der Waals surface area contributed by atoms with E-state index in [1.807, 2.05) is 0 Å². The summed E-state index contributed by atoms with van der Waals surface area (Å²) in [5.41, 5.74) is 0. The van der Waals surface area contributed by atoms with Crippen LogP contribution in [0.2, 0.25) is 0 Å². The van der Waals surface area contributed by atoms with Crippen LogP contribution in [-0.4, -0.2) is 67.7 Å². The van der Waals surface area contributed by atoms with E-state index in [0.717, 1.165) is 0 Å². The number of aliphatic hydroxyl groups is 4. The average molecular weight is 306 g/mol.